The van der Waals surface area contributed by atoms with Gasteiger partial charge in [-0.3, -0.25) is 0 Å². The van der Waals surface area contributed by atoms with Crippen molar-refractivity contribution in [2.75, 3.05) is 13.6 Å². The predicted octanol–water partition coefficient (Wildman–Crippen LogP) is 0.833. The highest BCUT2D eigenvalue weighted by molar-refractivity contribution is 6.20. The van der Waals surface area contributed by atoms with Crippen LogP contribution in [0.25, 0.3) is 0 Å². The maximum Gasteiger partial charge on any atom is 0.0432 e. The molecule has 6 heavy (non-hydrogen) atoms. The van der Waals surface area contributed by atoms with Crippen LogP contribution in [0.3, 0.4) is 0 Å². The third-order valence-corrected chi connectivity index (χ3v) is 0.640. The van der Waals surface area contributed by atoms with E-state index >= 15 is 0 Å². The number of hydrogen-bond acceptors (Lipinski definition) is 1. The van der Waals surface area contributed by atoms with E-state index in [1.54, 1.807) is 0 Å². The maximum atomic E-state index is 5.52. The Morgan fingerprint density at radius 2 is 2.33 bits per heavy atom. The monoisotopic (exact) mass is 107 g/mol. The zero-order valence-corrected chi connectivity index (χ0v) is 4.92. The highest BCUT2D eigenvalue weighted by Gasteiger charge is 1.87. The summed E-state index contributed by atoms with van der Waals surface area (Å²) in [6.07, 6.45) is 0. The lowest BCUT2D eigenvalue weighted by molar-refractivity contribution is 0.779. The van der Waals surface area contributed by atoms with Crippen molar-refractivity contribution in [3.63, 3.8) is 0 Å². The first kappa shape index (κ1) is 6.25. The van der Waals surface area contributed by atoms with Gasteiger partial charge in [-0.15, -0.1) is 11.6 Å². The van der Waals surface area contributed by atoms with Crippen LogP contribution in [-0.4, -0.2) is 19.0 Å². The van der Waals surface area contributed by atoms with Gasteiger partial charge in [0.05, 0.1) is 0 Å². The van der Waals surface area contributed by atoms with Crippen LogP contribution >= 0.6 is 11.6 Å². The Morgan fingerprint density at radius 1 is 1.83 bits per heavy atom. The first-order valence-corrected chi connectivity index (χ1v) is 2.49. The fourth-order valence-electron chi connectivity index (χ4n) is 0.281. The lowest BCUT2D eigenvalue weighted by Gasteiger charge is -1.95. The number of hydrogen-bond donors (Lipinski definition) is 1. The Balaban J connectivity index is 2.63. The van der Waals surface area contributed by atoms with Crippen molar-refractivity contribution in [1.29, 1.82) is 0 Å². The fraction of sp³-hybridized carbons (Fsp3) is 1.00. The van der Waals surface area contributed by atoms with Gasteiger partial charge in [0.1, 0.15) is 0 Å². The summed E-state index contributed by atoms with van der Waals surface area (Å²) in [5.74, 6) is 0. The van der Waals surface area contributed by atoms with Crippen LogP contribution in [0.4, 0.5) is 0 Å². The van der Waals surface area contributed by atoms with Crippen molar-refractivity contribution in [3.05, 3.63) is 0 Å². The van der Waals surface area contributed by atoms with Gasteiger partial charge in [0.2, 0.25) is 0 Å². The van der Waals surface area contributed by atoms with Gasteiger partial charge in [0.25, 0.3) is 0 Å². The molecule has 0 rings (SSSR count). The molecule has 0 fully saturated rings. The van der Waals surface area contributed by atoms with Gasteiger partial charge in [-0.25, -0.2) is 0 Å². The molecule has 0 heterocycles. The van der Waals surface area contributed by atoms with E-state index in [1.807, 2.05) is 14.0 Å². The third kappa shape index (κ3) is 4.25. The summed E-state index contributed by atoms with van der Waals surface area (Å²) in [5, 5.41) is 3.19. The molecule has 0 aliphatic heterocycles. The Hall–Kier alpha value is 0.250. The Kier molecular flexibility index (Phi) is 3.58. The van der Waals surface area contributed by atoms with Crippen LogP contribution < -0.4 is 5.32 Å². The van der Waals surface area contributed by atoms with Crippen LogP contribution in [0.1, 0.15) is 6.92 Å². The SMILES string of the molecule is CNCC(C)Cl. The summed E-state index contributed by atoms with van der Waals surface area (Å²) in [7, 11) is 1.89. The number of halogens is 1. The van der Waals surface area contributed by atoms with Crippen LogP contribution in [-0.2, 0) is 0 Å². The van der Waals surface area contributed by atoms with Gasteiger partial charge in [-0.05, 0) is 14.0 Å². The second-order valence-corrected chi connectivity index (χ2v) is 2.08. The molecule has 0 spiro atoms. The average molecular weight is 108 g/mol. The number of alkyl halides is 1. The fourth-order valence-corrected chi connectivity index (χ4v) is 0.436. The van der Waals surface area contributed by atoms with Gasteiger partial charge >= 0.3 is 0 Å². The minimum absolute atomic E-state index is 0.259. The van der Waals surface area contributed by atoms with E-state index < -0.39 is 0 Å². The first-order valence-electron chi connectivity index (χ1n) is 2.06. The van der Waals surface area contributed by atoms with Gasteiger partial charge in [0, 0.05) is 11.9 Å². The Morgan fingerprint density at radius 3 is 2.33 bits per heavy atom. The maximum absolute atomic E-state index is 5.52. The molecule has 1 N–H and O–H groups in total. The lowest BCUT2D eigenvalue weighted by Crippen LogP contribution is -2.15. The quantitative estimate of drug-likeness (QED) is 0.516. The zero-order chi connectivity index (χ0) is 4.99. The minimum atomic E-state index is 0.259. The predicted molar refractivity (Wildman–Crippen MR) is 29.2 cm³/mol. The smallest absolute Gasteiger partial charge is 0.0432 e. The molecular formula is C4H10ClN. The molecule has 2 heteroatoms. The van der Waals surface area contributed by atoms with Gasteiger partial charge in [0.15, 0.2) is 0 Å². The number of rotatable bonds is 2. The van der Waals surface area contributed by atoms with Crippen molar-refractivity contribution in [2.45, 2.75) is 12.3 Å². The molecule has 0 bridgehead atoms. The van der Waals surface area contributed by atoms with E-state index in [9.17, 15) is 0 Å². The van der Waals surface area contributed by atoms with Crippen molar-refractivity contribution >= 4 is 11.6 Å². The van der Waals surface area contributed by atoms with Crippen molar-refractivity contribution in [2.24, 2.45) is 0 Å². The topological polar surface area (TPSA) is 12.0 Å². The Labute approximate surface area is 43.7 Å². The van der Waals surface area contributed by atoms with Crippen LogP contribution in [0.2, 0.25) is 0 Å². The zero-order valence-electron chi connectivity index (χ0n) is 4.16. The molecule has 38 valence electrons. The molecule has 0 radical (unpaired) electrons. The van der Waals surface area contributed by atoms with Crippen molar-refractivity contribution < 1.29 is 0 Å². The second-order valence-electron chi connectivity index (χ2n) is 1.34. The normalized spacial score (nSPS) is 14.5. The molecule has 1 unspecified atom stereocenters. The van der Waals surface area contributed by atoms with E-state index in [1.165, 1.54) is 0 Å². The molecule has 0 amide bonds. The number of nitrogens with one attached hydrogen (secondary N) is 1. The summed E-state index contributed by atoms with van der Waals surface area (Å²) in [6.45, 7) is 2.85. The molecule has 0 aromatic rings. The van der Waals surface area contributed by atoms with Gasteiger partial charge in [-0.1, -0.05) is 0 Å². The van der Waals surface area contributed by atoms with Crippen LogP contribution in [0.15, 0.2) is 0 Å². The molecule has 0 aliphatic carbocycles. The molecule has 0 saturated heterocycles. The lowest BCUT2D eigenvalue weighted by atomic mass is 10.5. The van der Waals surface area contributed by atoms with E-state index in [2.05, 4.69) is 5.32 Å². The molecule has 0 aliphatic rings. The van der Waals surface area contributed by atoms with E-state index in [0.29, 0.717) is 0 Å². The molecule has 0 aromatic carbocycles. The third-order valence-electron chi connectivity index (χ3n) is 0.485. The average Bonchev–Trinajstić information content (AvgIpc) is 1.35. The molecule has 1 atom stereocenters. The minimum Gasteiger partial charge on any atom is -0.318 e. The van der Waals surface area contributed by atoms with Crippen molar-refractivity contribution in [3.8, 4) is 0 Å². The summed E-state index contributed by atoms with van der Waals surface area (Å²) < 4.78 is 0. The summed E-state index contributed by atoms with van der Waals surface area (Å²) >= 11 is 5.52. The summed E-state index contributed by atoms with van der Waals surface area (Å²) in [6, 6.07) is 0. The molecule has 0 aromatic heterocycles. The first-order chi connectivity index (χ1) is 2.77. The van der Waals surface area contributed by atoms with Gasteiger partial charge in [-0.2, -0.15) is 0 Å². The van der Waals surface area contributed by atoms with E-state index in [4.69, 9.17) is 11.6 Å². The van der Waals surface area contributed by atoms with E-state index in [-0.39, 0.29) is 5.38 Å². The Bertz CT molecular complexity index is 28.7. The highest BCUT2D eigenvalue weighted by atomic mass is 35.5. The molecule has 1 nitrogen and oxygen atoms in total. The summed E-state index contributed by atoms with van der Waals surface area (Å²) in [4.78, 5) is 0. The molecule has 0 saturated carbocycles. The van der Waals surface area contributed by atoms with Gasteiger partial charge < -0.3 is 5.32 Å². The van der Waals surface area contributed by atoms with Crippen LogP contribution in [0.5, 0.6) is 0 Å². The van der Waals surface area contributed by atoms with Crippen LogP contribution in [0, 0.1) is 0 Å². The standard InChI is InChI=1S/C4H10ClN/c1-4(5)3-6-2/h4,6H,3H2,1-2H3. The van der Waals surface area contributed by atoms with E-state index in [0.717, 1.165) is 6.54 Å². The largest absolute Gasteiger partial charge is 0.318 e. The highest BCUT2D eigenvalue weighted by Crippen LogP contribution is 1.86. The second kappa shape index (κ2) is 3.44. The van der Waals surface area contributed by atoms with Crippen molar-refractivity contribution in [1.82, 2.24) is 5.32 Å². The summed E-state index contributed by atoms with van der Waals surface area (Å²) in [5.41, 5.74) is 0. The molecular weight excluding hydrogens is 97.5 g/mol.